The van der Waals surface area contributed by atoms with E-state index in [1.54, 1.807) is 6.26 Å². The summed E-state index contributed by atoms with van der Waals surface area (Å²) >= 11 is 0. The molecule has 3 heterocycles. The fraction of sp³-hybridized carbons (Fsp3) is 0.190. The molecular formula is C21H20N4O2. The van der Waals surface area contributed by atoms with Crippen LogP contribution in [0.4, 0.5) is 0 Å². The van der Waals surface area contributed by atoms with Crippen molar-refractivity contribution < 1.29 is 9.21 Å². The molecule has 0 radical (unpaired) electrons. The molecule has 0 saturated carbocycles. The number of benzene rings is 1. The van der Waals surface area contributed by atoms with Crippen molar-refractivity contribution in [2.24, 2.45) is 0 Å². The Balaban J connectivity index is 1.52. The van der Waals surface area contributed by atoms with Gasteiger partial charge in [-0.3, -0.25) is 9.20 Å². The third-order valence-electron chi connectivity index (χ3n) is 4.50. The van der Waals surface area contributed by atoms with Crippen LogP contribution in [0.15, 0.2) is 53.1 Å². The summed E-state index contributed by atoms with van der Waals surface area (Å²) < 4.78 is 7.29. The van der Waals surface area contributed by atoms with E-state index in [9.17, 15) is 4.79 Å². The van der Waals surface area contributed by atoms with Crippen LogP contribution in [0.1, 0.15) is 33.3 Å². The number of fused-ring (bicyclic) bond motifs is 1. The van der Waals surface area contributed by atoms with Gasteiger partial charge in [0.1, 0.15) is 11.6 Å². The number of imidazole rings is 1. The smallest absolute Gasteiger partial charge is 0.274 e. The quantitative estimate of drug-likeness (QED) is 0.600. The Hall–Kier alpha value is -3.41. The maximum Gasteiger partial charge on any atom is 0.274 e. The molecule has 0 spiro atoms. The zero-order valence-corrected chi connectivity index (χ0v) is 15.5. The number of nitrogens with one attached hydrogen (secondary N) is 1. The average Bonchev–Trinajstić information content (AvgIpc) is 3.28. The van der Waals surface area contributed by atoms with E-state index >= 15 is 0 Å². The number of rotatable bonds is 4. The van der Waals surface area contributed by atoms with Crippen LogP contribution in [0.2, 0.25) is 0 Å². The largest absolute Gasteiger partial charge is 0.464 e. The van der Waals surface area contributed by atoms with E-state index in [4.69, 9.17) is 4.42 Å². The Morgan fingerprint density at radius 2 is 1.89 bits per heavy atom. The molecule has 0 atom stereocenters. The van der Waals surface area contributed by atoms with Crippen molar-refractivity contribution >= 4 is 11.6 Å². The number of aromatic nitrogens is 3. The highest BCUT2D eigenvalue weighted by molar-refractivity contribution is 5.98. The molecule has 6 heteroatoms. The van der Waals surface area contributed by atoms with Gasteiger partial charge in [0.15, 0.2) is 11.3 Å². The number of carbonyl (C=O) groups excluding carboxylic acids is 1. The highest BCUT2D eigenvalue weighted by Gasteiger charge is 2.18. The fourth-order valence-corrected chi connectivity index (χ4v) is 3.26. The summed E-state index contributed by atoms with van der Waals surface area (Å²) in [6.45, 7) is 6.19. The van der Waals surface area contributed by atoms with E-state index in [0.717, 1.165) is 34.1 Å². The minimum absolute atomic E-state index is 0.229. The van der Waals surface area contributed by atoms with E-state index < -0.39 is 0 Å². The second-order valence-electron chi connectivity index (χ2n) is 6.56. The zero-order valence-electron chi connectivity index (χ0n) is 15.5. The van der Waals surface area contributed by atoms with Crippen molar-refractivity contribution in [1.29, 1.82) is 0 Å². The number of furan rings is 1. The van der Waals surface area contributed by atoms with Crippen molar-refractivity contribution in [3.05, 3.63) is 77.2 Å². The van der Waals surface area contributed by atoms with Crippen molar-refractivity contribution in [1.82, 2.24) is 19.7 Å². The molecule has 0 bridgehead atoms. The summed E-state index contributed by atoms with van der Waals surface area (Å²) in [6, 6.07) is 13.7. The van der Waals surface area contributed by atoms with Crippen molar-refractivity contribution in [3.8, 4) is 11.3 Å². The molecule has 4 rings (SSSR count). The molecule has 1 aromatic carbocycles. The van der Waals surface area contributed by atoms with Crippen LogP contribution in [0.25, 0.3) is 17.0 Å². The fourth-order valence-electron chi connectivity index (χ4n) is 3.26. The van der Waals surface area contributed by atoms with E-state index in [1.165, 1.54) is 0 Å². The summed E-state index contributed by atoms with van der Waals surface area (Å²) in [4.78, 5) is 21.6. The molecule has 0 aliphatic rings. The van der Waals surface area contributed by atoms with Gasteiger partial charge in [0.2, 0.25) is 0 Å². The summed E-state index contributed by atoms with van der Waals surface area (Å²) in [5, 5.41) is 2.94. The lowest BCUT2D eigenvalue weighted by Gasteiger charge is -2.06. The average molecular weight is 360 g/mol. The summed E-state index contributed by atoms with van der Waals surface area (Å²) in [5.74, 6) is 1.35. The molecule has 0 unspecified atom stereocenters. The molecule has 136 valence electrons. The molecule has 3 aromatic heterocycles. The predicted octanol–water partition coefficient (Wildman–Crippen LogP) is 3.84. The second kappa shape index (κ2) is 6.72. The Labute approximate surface area is 156 Å². The lowest BCUT2D eigenvalue weighted by atomic mass is 10.1. The highest BCUT2D eigenvalue weighted by Crippen LogP contribution is 2.20. The topological polar surface area (TPSA) is 72.4 Å². The molecule has 0 aliphatic heterocycles. The van der Waals surface area contributed by atoms with Gasteiger partial charge in [-0.15, -0.1) is 0 Å². The molecule has 6 nitrogen and oxygen atoms in total. The van der Waals surface area contributed by atoms with Crippen LogP contribution in [-0.4, -0.2) is 20.3 Å². The van der Waals surface area contributed by atoms with Gasteiger partial charge in [-0.2, -0.15) is 0 Å². The monoisotopic (exact) mass is 360 g/mol. The van der Waals surface area contributed by atoms with E-state index in [1.807, 2.05) is 67.6 Å². The lowest BCUT2D eigenvalue weighted by molar-refractivity contribution is 0.0948. The van der Waals surface area contributed by atoms with Gasteiger partial charge >= 0.3 is 0 Å². The number of amides is 1. The highest BCUT2D eigenvalue weighted by atomic mass is 16.3. The van der Waals surface area contributed by atoms with E-state index in [2.05, 4.69) is 15.3 Å². The van der Waals surface area contributed by atoms with Crippen molar-refractivity contribution in [2.45, 2.75) is 27.3 Å². The van der Waals surface area contributed by atoms with Crippen molar-refractivity contribution in [2.75, 3.05) is 0 Å². The third-order valence-corrected chi connectivity index (χ3v) is 4.50. The minimum Gasteiger partial charge on any atom is -0.464 e. The molecular weight excluding hydrogens is 340 g/mol. The summed E-state index contributed by atoms with van der Waals surface area (Å²) in [5.41, 5.74) is 4.82. The van der Waals surface area contributed by atoms with Crippen LogP contribution in [-0.2, 0) is 6.54 Å². The van der Waals surface area contributed by atoms with Gasteiger partial charge in [-0.1, -0.05) is 24.3 Å². The van der Waals surface area contributed by atoms with Crippen molar-refractivity contribution in [3.63, 3.8) is 0 Å². The Bertz CT molecular complexity index is 1110. The minimum atomic E-state index is -0.229. The number of hydrogen-bond donors (Lipinski definition) is 1. The third kappa shape index (κ3) is 3.21. The summed E-state index contributed by atoms with van der Waals surface area (Å²) in [6.07, 6.45) is 1.65. The second-order valence-corrected chi connectivity index (χ2v) is 6.56. The first kappa shape index (κ1) is 17.0. The molecule has 1 N–H and O–H groups in total. The van der Waals surface area contributed by atoms with Crippen LogP contribution < -0.4 is 5.32 Å². The standard InChI is InChI=1S/C21H20N4O2/c1-13-11-14(2)25-15(3)24-19(20(25)23-13)21(26)22-12-16-6-8-17(9-7-16)18-5-4-10-27-18/h4-11H,12H2,1-3H3,(H,22,26). The van der Waals surface area contributed by atoms with Gasteiger partial charge in [0.05, 0.1) is 6.26 Å². The maximum atomic E-state index is 12.7. The van der Waals surface area contributed by atoms with Crippen LogP contribution >= 0.6 is 0 Å². The van der Waals surface area contributed by atoms with Gasteiger partial charge in [0.25, 0.3) is 5.91 Å². The molecule has 1 amide bonds. The molecule has 0 aliphatic carbocycles. The van der Waals surface area contributed by atoms with E-state index in [0.29, 0.717) is 17.9 Å². The van der Waals surface area contributed by atoms with Gasteiger partial charge in [-0.05, 0) is 44.5 Å². The maximum absolute atomic E-state index is 12.7. The van der Waals surface area contributed by atoms with Gasteiger partial charge in [-0.25, -0.2) is 9.97 Å². The number of hydrogen-bond acceptors (Lipinski definition) is 4. The Morgan fingerprint density at radius 3 is 2.59 bits per heavy atom. The van der Waals surface area contributed by atoms with Gasteiger partial charge in [0, 0.05) is 23.5 Å². The SMILES string of the molecule is Cc1cc(C)n2c(C)nc(C(=O)NCc3ccc(-c4ccco4)cc3)c2n1. The first-order chi connectivity index (χ1) is 13.0. The van der Waals surface area contributed by atoms with Crippen LogP contribution in [0.5, 0.6) is 0 Å². The molecule has 0 saturated heterocycles. The Kier molecular flexibility index (Phi) is 4.24. The first-order valence-electron chi connectivity index (χ1n) is 8.77. The first-order valence-corrected chi connectivity index (χ1v) is 8.77. The normalized spacial score (nSPS) is 11.1. The molecule has 27 heavy (non-hydrogen) atoms. The molecule has 4 aromatic rings. The van der Waals surface area contributed by atoms with Crippen LogP contribution in [0, 0.1) is 20.8 Å². The molecule has 0 fully saturated rings. The number of aryl methyl sites for hydroxylation is 3. The zero-order chi connectivity index (χ0) is 19.0. The number of carbonyl (C=O) groups is 1. The van der Waals surface area contributed by atoms with Gasteiger partial charge < -0.3 is 9.73 Å². The predicted molar refractivity (Wildman–Crippen MR) is 103 cm³/mol. The Morgan fingerprint density at radius 1 is 1.11 bits per heavy atom. The lowest BCUT2D eigenvalue weighted by Crippen LogP contribution is -2.23. The summed E-state index contributed by atoms with van der Waals surface area (Å²) in [7, 11) is 0. The number of nitrogens with zero attached hydrogens (tertiary/aromatic N) is 3. The van der Waals surface area contributed by atoms with E-state index in [-0.39, 0.29) is 5.91 Å². The van der Waals surface area contributed by atoms with Crippen LogP contribution in [0.3, 0.4) is 0 Å².